The van der Waals surface area contributed by atoms with Crippen molar-refractivity contribution in [1.29, 1.82) is 0 Å². The highest BCUT2D eigenvalue weighted by Crippen LogP contribution is 2.26. The van der Waals surface area contributed by atoms with Gasteiger partial charge in [-0.15, -0.1) is 0 Å². The van der Waals surface area contributed by atoms with Crippen LogP contribution in [0, 0.1) is 12.3 Å². The van der Waals surface area contributed by atoms with Gasteiger partial charge in [0.05, 0.1) is 0 Å². The highest BCUT2D eigenvalue weighted by Gasteiger charge is 2.39. The van der Waals surface area contributed by atoms with Crippen molar-refractivity contribution in [3.63, 3.8) is 0 Å². The summed E-state index contributed by atoms with van der Waals surface area (Å²) in [6, 6.07) is 6.20. The van der Waals surface area contributed by atoms with E-state index in [1.807, 2.05) is 25.1 Å². The molecule has 0 aliphatic heterocycles. The average molecular weight is 288 g/mol. The molecule has 0 aromatic heterocycles. The normalized spacial score (nSPS) is 14.7. The van der Waals surface area contributed by atoms with Crippen LogP contribution in [0.15, 0.2) is 18.2 Å². The third kappa shape index (κ3) is 3.43. The maximum absolute atomic E-state index is 12.5. The van der Waals surface area contributed by atoms with E-state index in [1.54, 1.807) is 13.8 Å². The molecular weight excluding hydrogens is 264 g/mol. The zero-order chi connectivity index (χ0) is 15.6. The van der Waals surface area contributed by atoms with Gasteiger partial charge in [0.15, 0.2) is 0 Å². The van der Waals surface area contributed by atoms with E-state index in [1.165, 1.54) is 0 Å². The number of para-hydroxylation sites is 1. The first-order valence-corrected chi connectivity index (χ1v) is 7.57. The summed E-state index contributed by atoms with van der Waals surface area (Å²) in [5.74, 6) is -0.459. The van der Waals surface area contributed by atoms with Crippen molar-refractivity contribution in [3.05, 3.63) is 29.3 Å². The van der Waals surface area contributed by atoms with E-state index >= 15 is 0 Å². The molecule has 0 radical (unpaired) electrons. The number of benzene rings is 1. The molecule has 1 aromatic rings. The largest absolute Gasteiger partial charge is 0.352 e. The van der Waals surface area contributed by atoms with Gasteiger partial charge in [-0.2, -0.15) is 0 Å². The van der Waals surface area contributed by atoms with Crippen LogP contribution in [0.25, 0.3) is 0 Å². The molecule has 0 atom stereocenters. The van der Waals surface area contributed by atoms with Crippen LogP contribution < -0.4 is 10.6 Å². The van der Waals surface area contributed by atoms with Crippen molar-refractivity contribution in [1.82, 2.24) is 5.32 Å². The maximum Gasteiger partial charge on any atom is 0.239 e. The zero-order valence-electron chi connectivity index (χ0n) is 13.2. The number of carbonyl (C=O) groups is 2. The van der Waals surface area contributed by atoms with Crippen LogP contribution in [0.4, 0.5) is 5.69 Å². The van der Waals surface area contributed by atoms with E-state index in [0.29, 0.717) is 0 Å². The highest BCUT2D eigenvalue weighted by atomic mass is 16.2. The van der Waals surface area contributed by atoms with E-state index in [4.69, 9.17) is 0 Å². The quantitative estimate of drug-likeness (QED) is 0.819. The molecule has 0 heterocycles. The lowest BCUT2D eigenvalue weighted by Crippen LogP contribution is -2.46. The minimum Gasteiger partial charge on any atom is -0.352 e. The number of hydrogen-bond acceptors (Lipinski definition) is 2. The molecule has 2 N–H and O–H groups in total. The fraction of sp³-hybridized carbons (Fsp3) is 0.529. The number of aryl methyl sites for hydroxylation is 2. The van der Waals surface area contributed by atoms with E-state index in [0.717, 1.165) is 36.1 Å². The molecule has 1 saturated carbocycles. The van der Waals surface area contributed by atoms with Crippen molar-refractivity contribution in [3.8, 4) is 0 Å². The SMILES string of the molecule is CCc1cccc(C)c1NC(=O)C(C)(C)C(=O)NC1CC1. The lowest BCUT2D eigenvalue weighted by molar-refractivity contribution is -0.138. The third-order valence-electron chi connectivity index (χ3n) is 4.03. The van der Waals surface area contributed by atoms with Crippen LogP contribution >= 0.6 is 0 Å². The molecule has 4 nitrogen and oxygen atoms in total. The highest BCUT2D eigenvalue weighted by molar-refractivity contribution is 6.10. The zero-order valence-corrected chi connectivity index (χ0v) is 13.2. The van der Waals surface area contributed by atoms with Crippen molar-refractivity contribution in [2.45, 2.75) is 53.0 Å². The van der Waals surface area contributed by atoms with E-state index in [-0.39, 0.29) is 17.9 Å². The number of amides is 2. The Morgan fingerprint density at radius 2 is 1.90 bits per heavy atom. The molecule has 2 amide bonds. The Morgan fingerprint density at radius 1 is 1.24 bits per heavy atom. The molecule has 0 saturated heterocycles. The molecule has 4 heteroatoms. The molecule has 2 rings (SSSR count). The van der Waals surface area contributed by atoms with Gasteiger partial charge in [0, 0.05) is 11.7 Å². The summed E-state index contributed by atoms with van der Waals surface area (Å²) in [4.78, 5) is 24.7. The molecule has 114 valence electrons. The molecular formula is C17H24N2O2. The summed E-state index contributed by atoms with van der Waals surface area (Å²) in [5.41, 5.74) is 1.86. The van der Waals surface area contributed by atoms with Crippen LogP contribution in [-0.4, -0.2) is 17.9 Å². The predicted octanol–water partition coefficient (Wildman–Crippen LogP) is 2.80. The summed E-state index contributed by atoms with van der Waals surface area (Å²) in [6.07, 6.45) is 2.87. The second kappa shape index (κ2) is 5.88. The number of rotatable bonds is 5. The Balaban J connectivity index is 2.14. The van der Waals surface area contributed by atoms with Gasteiger partial charge >= 0.3 is 0 Å². The van der Waals surface area contributed by atoms with Gasteiger partial charge in [0.1, 0.15) is 5.41 Å². The van der Waals surface area contributed by atoms with Gasteiger partial charge in [-0.1, -0.05) is 25.1 Å². The maximum atomic E-state index is 12.5. The number of nitrogens with one attached hydrogen (secondary N) is 2. The summed E-state index contributed by atoms with van der Waals surface area (Å²) in [7, 11) is 0. The average Bonchev–Trinajstić information content (AvgIpc) is 3.24. The fourth-order valence-corrected chi connectivity index (χ4v) is 2.17. The predicted molar refractivity (Wildman–Crippen MR) is 84.1 cm³/mol. The van der Waals surface area contributed by atoms with Crippen LogP contribution in [0.5, 0.6) is 0 Å². The van der Waals surface area contributed by atoms with Crippen molar-refractivity contribution < 1.29 is 9.59 Å². The summed E-state index contributed by atoms with van der Waals surface area (Å²) >= 11 is 0. The Hall–Kier alpha value is -1.84. The van der Waals surface area contributed by atoms with Crippen molar-refractivity contribution in [2.75, 3.05) is 5.32 Å². The van der Waals surface area contributed by atoms with E-state index < -0.39 is 5.41 Å². The first-order chi connectivity index (χ1) is 9.86. The fourth-order valence-electron chi connectivity index (χ4n) is 2.17. The molecule has 21 heavy (non-hydrogen) atoms. The Labute approximate surface area is 126 Å². The van der Waals surface area contributed by atoms with Gasteiger partial charge in [0.25, 0.3) is 0 Å². The lowest BCUT2D eigenvalue weighted by atomic mass is 9.90. The molecule has 0 unspecified atom stereocenters. The monoisotopic (exact) mass is 288 g/mol. The molecule has 1 fully saturated rings. The lowest BCUT2D eigenvalue weighted by Gasteiger charge is -2.24. The van der Waals surface area contributed by atoms with Crippen LogP contribution in [0.2, 0.25) is 0 Å². The third-order valence-corrected chi connectivity index (χ3v) is 4.03. The first kappa shape index (κ1) is 15.5. The smallest absolute Gasteiger partial charge is 0.239 e. The van der Waals surface area contributed by atoms with Gasteiger partial charge in [-0.3, -0.25) is 9.59 Å². The van der Waals surface area contributed by atoms with Crippen LogP contribution in [0.3, 0.4) is 0 Å². The molecule has 1 aliphatic rings. The Morgan fingerprint density at radius 3 is 2.48 bits per heavy atom. The minimum atomic E-state index is -1.07. The molecule has 0 spiro atoms. The minimum absolute atomic E-state index is 0.200. The number of anilines is 1. The number of carbonyl (C=O) groups excluding carboxylic acids is 2. The summed E-state index contributed by atoms with van der Waals surface area (Å²) in [6.45, 7) is 7.36. The Bertz CT molecular complexity index is 560. The van der Waals surface area contributed by atoms with Gasteiger partial charge < -0.3 is 10.6 Å². The van der Waals surface area contributed by atoms with E-state index in [9.17, 15) is 9.59 Å². The first-order valence-electron chi connectivity index (χ1n) is 7.57. The van der Waals surface area contributed by atoms with Gasteiger partial charge in [-0.25, -0.2) is 0 Å². The van der Waals surface area contributed by atoms with Gasteiger partial charge in [-0.05, 0) is 51.2 Å². The van der Waals surface area contributed by atoms with Crippen LogP contribution in [0.1, 0.15) is 44.7 Å². The van der Waals surface area contributed by atoms with Crippen LogP contribution in [-0.2, 0) is 16.0 Å². The van der Waals surface area contributed by atoms with Gasteiger partial charge in [0.2, 0.25) is 11.8 Å². The standard InChI is InChI=1S/C17H24N2O2/c1-5-12-8-6-7-11(2)14(12)19-16(21)17(3,4)15(20)18-13-9-10-13/h6-8,13H,5,9-10H2,1-4H3,(H,18,20)(H,19,21). The second-order valence-electron chi connectivity index (χ2n) is 6.29. The Kier molecular flexibility index (Phi) is 4.35. The second-order valence-corrected chi connectivity index (χ2v) is 6.29. The summed E-state index contributed by atoms with van der Waals surface area (Å²) < 4.78 is 0. The molecule has 0 bridgehead atoms. The van der Waals surface area contributed by atoms with Crippen molar-refractivity contribution >= 4 is 17.5 Å². The molecule has 1 aliphatic carbocycles. The van der Waals surface area contributed by atoms with E-state index in [2.05, 4.69) is 17.6 Å². The molecule has 1 aromatic carbocycles. The topological polar surface area (TPSA) is 58.2 Å². The number of hydrogen-bond donors (Lipinski definition) is 2. The van der Waals surface area contributed by atoms with Crippen molar-refractivity contribution in [2.24, 2.45) is 5.41 Å². The summed E-state index contributed by atoms with van der Waals surface area (Å²) in [5, 5.41) is 5.85.